The molecule has 0 saturated carbocycles. The molecule has 0 unspecified atom stereocenters. The smallest absolute Gasteiger partial charge is 0.412 e. The van der Waals surface area contributed by atoms with E-state index in [1.807, 2.05) is 47.6 Å². The predicted octanol–water partition coefficient (Wildman–Crippen LogP) is 10.1. The number of amides is 3. The Hall–Kier alpha value is -2.97. The Kier molecular flexibility index (Phi) is 20.9. The summed E-state index contributed by atoms with van der Waals surface area (Å²) < 4.78 is 17.0. The van der Waals surface area contributed by atoms with Crippen molar-refractivity contribution in [2.45, 2.75) is 169 Å². The third-order valence-corrected chi connectivity index (χ3v) is 7.38. The van der Waals surface area contributed by atoms with E-state index in [1.54, 1.807) is 6.07 Å². The van der Waals surface area contributed by atoms with Gasteiger partial charge in [-0.2, -0.15) is 0 Å². The minimum Gasteiger partial charge on any atom is -0.492 e. The fourth-order valence-electron chi connectivity index (χ4n) is 5.15. The van der Waals surface area contributed by atoms with Crippen molar-refractivity contribution in [1.29, 1.82) is 0 Å². The average molecular weight is 662 g/mol. The van der Waals surface area contributed by atoms with Crippen LogP contribution in [0.4, 0.5) is 15.3 Å². The number of hydrogen-bond acceptors (Lipinski definition) is 6. The largest absolute Gasteiger partial charge is 0.492 e. The maximum atomic E-state index is 13.5. The molecule has 0 heterocycles. The second-order valence-corrected chi connectivity index (χ2v) is 14.5. The topological polar surface area (TPSA) is 115 Å². The van der Waals surface area contributed by atoms with Crippen LogP contribution in [-0.4, -0.2) is 49.0 Å². The molecule has 3 N–H and O–H groups in total. The lowest BCUT2D eigenvalue weighted by molar-refractivity contribution is 0.0525. The monoisotopic (exact) mass is 662 g/mol. The Labute approximate surface area is 286 Å². The van der Waals surface area contributed by atoms with Crippen molar-refractivity contribution >= 4 is 23.8 Å². The van der Waals surface area contributed by atoms with Crippen molar-refractivity contribution in [3.8, 4) is 5.75 Å². The summed E-state index contributed by atoms with van der Waals surface area (Å²) in [7, 11) is 0. The van der Waals surface area contributed by atoms with Gasteiger partial charge < -0.3 is 24.8 Å². The first-order valence-electron chi connectivity index (χ1n) is 18.3. The molecule has 47 heavy (non-hydrogen) atoms. The van der Waals surface area contributed by atoms with E-state index in [-0.39, 0.29) is 5.91 Å². The van der Waals surface area contributed by atoms with Gasteiger partial charge in [-0.05, 0) is 84.9 Å². The lowest BCUT2D eigenvalue weighted by atomic mass is 10.0. The highest BCUT2D eigenvalue weighted by molar-refractivity contribution is 5.99. The molecule has 0 aromatic heterocycles. The van der Waals surface area contributed by atoms with Gasteiger partial charge in [-0.1, -0.05) is 90.9 Å². The Morgan fingerprint density at radius 2 is 1.13 bits per heavy atom. The number of ether oxygens (including phenoxy) is 3. The van der Waals surface area contributed by atoms with Crippen molar-refractivity contribution in [3.63, 3.8) is 0 Å². The lowest BCUT2D eigenvalue weighted by Gasteiger charge is -2.21. The molecule has 9 nitrogen and oxygen atoms in total. The SMILES string of the molecule is CCCCCCCCCCCCOc1c(CCC)cc(NC(=O)OC(C)(C)C)cc1C(=O)NCCCCCCNC(=O)OC(C)(C)C. The van der Waals surface area contributed by atoms with Gasteiger partial charge in [0, 0.05) is 18.8 Å². The Bertz CT molecular complexity index is 1050. The molecule has 1 rings (SSSR count). The highest BCUT2D eigenvalue weighted by Gasteiger charge is 2.21. The number of alkyl carbamates (subject to hydrolysis) is 1. The second-order valence-electron chi connectivity index (χ2n) is 14.5. The Balaban J connectivity index is 2.77. The summed E-state index contributed by atoms with van der Waals surface area (Å²) in [4.78, 5) is 37.9. The lowest BCUT2D eigenvalue weighted by Crippen LogP contribution is -2.33. The average Bonchev–Trinajstić information content (AvgIpc) is 2.96. The summed E-state index contributed by atoms with van der Waals surface area (Å²) >= 11 is 0. The van der Waals surface area contributed by atoms with Crippen LogP contribution in [0.3, 0.4) is 0 Å². The van der Waals surface area contributed by atoms with Gasteiger partial charge in [-0.3, -0.25) is 10.1 Å². The standard InChI is InChI=1S/C38H67N3O6/c1-9-11-12-13-14-15-16-17-20-23-27-45-33-30(24-10-2)28-31(41-36(44)47-38(6,7)8)29-32(33)34(42)39-25-21-18-19-22-26-40-35(43)46-37(3,4)5/h28-29H,9-27H2,1-8H3,(H,39,42)(H,40,43)(H,41,44). The van der Waals surface area contributed by atoms with Crippen molar-refractivity contribution in [1.82, 2.24) is 10.6 Å². The summed E-state index contributed by atoms with van der Waals surface area (Å²) in [5.41, 5.74) is 0.687. The molecule has 0 saturated heterocycles. The van der Waals surface area contributed by atoms with Crippen LogP contribution in [-0.2, 0) is 15.9 Å². The molecule has 270 valence electrons. The Morgan fingerprint density at radius 3 is 1.68 bits per heavy atom. The number of anilines is 1. The summed E-state index contributed by atoms with van der Waals surface area (Å²) in [6.45, 7) is 16.9. The molecule has 3 amide bonds. The van der Waals surface area contributed by atoms with Crippen LogP contribution in [0, 0.1) is 0 Å². The number of nitrogens with one attached hydrogen (secondary N) is 3. The molecule has 0 aliphatic carbocycles. The van der Waals surface area contributed by atoms with Gasteiger partial charge in [0.25, 0.3) is 5.91 Å². The fourth-order valence-corrected chi connectivity index (χ4v) is 5.15. The Morgan fingerprint density at radius 1 is 0.617 bits per heavy atom. The molecule has 1 aromatic rings. The summed E-state index contributed by atoms with van der Waals surface area (Å²) in [5.74, 6) is 0.378. The first kappa shape index (κ1) is 42.1. The van der Waals surface area contributed by atoms with E-state index in [2.05, 4.69) is 29.8 Å². The quantitative estimate of drug-likeness (QED) is 0.101. The van der Waals surface area contributed by atoms with E-state index in [0.29, 0.717) is 36.7 Å². The molecule has 0 bridgehead atoms. The predicted molar refractivity (Wildman–Crippen MR) is 193 cm³/mol. The zero-order chi connectivity index (χ0) is 35.1. The number of benzene rings is 1. The maximum Gasteiger partial charge on any atom is 0.412 e. The van der Waals surface area contributed by atoms with Gasteiger partial charge >= 0.3 is 12.2 Å². The van der Waals surface area contributed by atoms with Crippen molar-refractivity contribution in [2.24, 2.45) is 0 Å². The van der Waals surface area contributed by atoms with Crippen LogP contribution in [0.2, 0.25) is 0 Å². The maximum absolute atomic E-state index is 13.5. The van der Waals surface area contributed by atoms with E-state index in [0.717, 1.165) is 56.9 Å². The normalized spacial score (nSPS) is 11.6. The second kappa shape index (κ2) is 23.4. The van der Waals surface area contributed by atoms with Crippen LogP contribution >= 0.6 is 0 Å². The number of carbonyl (C=O) groups is 3. The number of rotatable bonds is 23. The van der Waals surface area contributed by atoms with Gasteiger partial charge in [0.2, 0.25) is 0 Å². The van der Waals surface area contributed by atoms with Crippen molar-refractivity contribution < 1.29 is 28.6 Å². The van der Waals surface area contributed by atoms with E-state index < -0.39 is 23.4 Å². The van der Waals surface area contributed by atoms with Crippen molar-refractivity contribution in [3.05, 3.63) is 23.3 Å². The number of aryl methyl sites for hydroxylation is 1. The van der Waals surface area contributed by atoms with Crippen LogP contribution in [0.25, 0.3) is 0 Å². The third-order valence-electron chi connectivity index (χ3n) is 7.38. The van der Waals surface area contributed by atoms with E-state index in [1.165, 1.54) is 51.4 Å². The molecule has 0 fully saturated rings. The minimum absolute atomic E-state index is 0.222. The molecule has 1 aromatic carbocycles. The van der Waals surface area contributed by atoms with Gasteiger partial charge in [-0.25, -0.2) is 9.59 Å². The zero-order valence-corrected chi connectivity index (χ0v) is 31.0. The molecular weight excluding hydrogens is 594 g/mol. The first-order valence-corrected chi connectivity index (χ1v) is 18.3. The molecule has 0 atom stereocenters. The van der Waals surface area contributed by atoms with Crippen LogP contribution in [0.5, 0.6) is 5.75 Å². The third kappa shape index (κ3) is 21.5. The van der Waals surface area contributed by atoms with E-state index in [9.17, 15) is 14.4 Å². The van der Waals surface area contributed by atoms with E-state index in [4.69, 9.17) is 14.2 Å². The van der Waals surface area contributed by atoms with Crippen LogP contribution in [0.1, 0.15) is 168 Å². The minimum atomic E-state index is -0.638. The summed E-state index contributed by atoms with van der Waals surface area (Å²) in [5, 5.41) is 8.65. The highest BCUT2D eigenvalue weighted by Crippen LogP contribution is 2.31. The van der Waals surface area contributed by atoms with Gasteiger partial charge in [0.1, 0.15) is 17.0 Å². The summed E-state index contributed by atoms with van der Waals surface area (Å²) in [6, 6.07) is 3.58. The highest BCUT2D eigenvalue weighted by atomic mass is 16.6. The molecule has 9 heteroatoms. The molecule has 0 aliphatic heterocycles. The number of unbranched alkanes of at least 4 members (excludes halogenated alkanes) is 12. The van der Waals surface area contributed by atoms with Crippen LogP contribution < -0.4 is 20.7 Å². The van der Waals surface area contributed by atoms with Crippen LogP contribution in [0.15, 0.2) is 12.1 Å². The number of hydrogen-bond donors (Lipinski definition) is 3. The zero-order valence-electron chi connectivity index (χ0n) is 31.0. The first-order chi connectivity index (χ1) is 22.3. The summed E-state index contributed by atoms with van der Waals surface area (Å²) in [6.07, 6.45) is 16.5. The molecular formula is C38H67N3O6. The van der Waals surface area contributed by atoms with Gasteiger partial charge in [0.15, 0.2) is 0 Å². The van der Waals surface area contributed by atoms with Gasteiger partial charge in [0.05, 0.1) is 12.2 Å². The molecule has 0 spiro atoms. The molecule has 0 radical (unpaired) electrons. The van der Waals surface area contributed by atoms with E-state index >= 15 is 0 Å². The number of carbonyl (C=O) groups excluding carboxylic acids is 3. The fraction of sp³-hybridized carbons (Fsp3) is 0.763. The van der Waals surface area contributed by atoms with Crippen molar-refractivity contribution in [2.75, 3.05) is 25.0 Å². The molecule has 0 aliphatic rings. The van der Waals surface area contributed by atoms with Gasteiger partial charge in [-0.15, -0.1) is 0 Å².